The lowest BCUT2D eigenvalue weighted by Gasteiger charge is -2.38. The third-order valence-corrected chi connectivity index (χ3v) is 3.20. The van der Waals surface area contributed by atoms with Crippen molar-refractivity contribution in [1.29, 1.82) is 0 Å². The van der Waals surface area contributed by atoms with Gasteiger partial charge in [0, 0.05) is 12.0 Å². The van der Waals surface area contributed by atoms with Crippen LogP contribution in [0.2, 0.25) is 0 Å². The molecule has 0 unspecified atom stereocenters. The number of nitrogens with two attached hydrogens (primary N) is 1. The maximum atomic E-state index is 11.5. The van der Waals surface area contributed by atoms with E-state index in [4.69, 9.17) is 10.5 Å². The molecule has 0 saturated carbocycles. The van der Waals surface area contributed by atoms with Gasteiger partial charge in [-0.05, 0) is 18.4 Å². The molecule has 0 spiro atoms. The summed E-state index contributed by atoms with van der Waals surface area (Å²) in [6.45, 7) is 4.23. The van der Waals surface area contributed by atoms with Crippen LogP contribution in [0.3, 0.4) is 0 Å². The van der Waals surface area contributed by atoms with Gasteiger partial charge >= 0.3 is 0 Å². The van der Waals surface area contributed by atoms with Gasteiger partial charge < -0.3 is 15.8 Å². The van der Waals surface area contributed by atoms with Crippen LogP contribution < -0.4 is 11.1 Å². The Labute approximate surface area is 95.3 Å². The summed E-state index contributed by atoms with van der Waals surface area (Å²) < 4.78 is 5.11. The number of amides is 1. The average molecular weight is 232 g/mol. The van der Waals surface area contributed by atoms with Crippen LogP contribution in [0, 0.1) is 5.41 Å². The molecule has 3 N–H and O–H groups in total. The number of thioether (sulfide) groups is 1. The van der Waals surface area contributed by atoms with E-state index in [1.807, 2.05) is 6.26 Å². The quantitative estimate of drug-likeness (QED) is 0.687. The normalized spacial score (nSPS) is 20.5. The molecule has 5 heteroatoms. The summed E-state index contributed by atoms with van der Waals surface area (Å²) in [4.78, 5) is 11.5. The Balaban J connectivity index is 2.17. The van der Waals surface area contributed by atoms with Crippen LogP contribution in [-0.4, -0.2) is 43.7 Å². The highest BCUT2D eigenvalue weighted by Crippen LogP contribution is 2.24. The summed E-state index contributed by atoms with van der Waals surface area (Å²) in [5.41, 5.74) is 5.86. The number of rotatable bonds is 6. The van der Waals surface area contributed by atoms with Gasteiger partial charge in [-0.2, -0.15) is 11.8 Å². The maximum absolute atomic E-state index is 11.5. The molecule has 0 radical (unpaired) electrons. The smallest absolute Gasteiger partial charge is 0.236 e. The monoisotopic (exact) mass is 232 g/mol. The van der Waals surface area contributed by atoms with E-state index in [0.29, 0.717) is 6.54 Å². The zero-order valence-electron chi connectivity index (χ0n) is 9.41. The maximum Gasteiger partial charge on any atom is 0.236 e. The van der Waals surface area contributed by atoms with Gasteiger partial charge in [-0.1, -0.05) is 6.92 Å². The average Bonchev–Trinajstić information content (AvgIpc) is 2.19. The van der Waals surface area contributed by atoms with Crippen molar-refractivity contribution in [2.45, 2.75) is 19.4 Å². The fraction of sp³-hybridized carbons (Fsp3) is 0.900. The zero-order chi connectivity index (χ0) is 11.3. The van der Waals surface area contributed by atoms with Crippen molar-refractivity contribution in [3.8, 4) is 0 Å². The molecule has 1 heterocycles. The first kappa shape index (κ1) is 12.8. The molecule has 1 aliphatic heterocycles. The summed E-state index contributed by atoms with van der Waals surface area (Å²) in [6.07, 6.45) is 2.75. The van der Waals surface area contributed by atoms with Crippen molar-refractivity contribution in [1.82, 2.24) is 5.32 Å². The van der Waals surface area contributed by atoms with Crippen LogP contribution in [0.15, 0.2) is 0 Å². The number of carbonyl (C=O) groups excluding carboxylic acids is 1. The van der Waals surface area contributed by atoms with Crippen molar-refractivity contribution in [3.63, 3.8) is 0 Å². The van der Waals surface area contributed by atoms with E-state index in [-0.39, 0.29) is 17.4 Å². The third kappa shape index (κ3) is 4.01. The van der Waals surface area contributed by atoms with Gasteiger partial charge in [0.05, 0.1) is 19.3 Å². The van der Waals surface area contributed by atoms with Crippen LogP contribution in [0.1, 0.15) is 13.3 Å². The first-order valence-corrected chi connectivity index (χ1v) is 6.57. The van der Waals surface area contributed by atoms with E-state index in [0.717, 1.165) is 25.4 Å². The lowest BCUT2D eigenvalue weighted by molar-refractivity contribution is -0.127. The summed E-state index contributed by atoms with van der Waals surface area (Å²) in [7, 11) is 0. The van der Waals surface area contributed by atoms with E-state index in [1.54, 1.807) is 11.8 Å². The van der Waals surface area contributed by atoms with Crippen LogP contribution in [-0.2, 0) is 9.53 Å². The van der Waals surface area contributed by atoms with Crippen molar-refractivity contribution < 1.29 is 9.53 Å². The Morgan fingerprint density at radius 1 is 1.67 bits per heavy atom. The minimum absolute atomic E-state index is 0.0443. The minimum atomic E-state index is -0.373. The Morgan fingerprint density at radius 2 is 2.33 bits per heavy atom. The molecular weight excluding hydrogens is 212 g/mol. The second kappa shape index (κ2) is 5.72. The molecule has 0 aliphatic carbocycles. The Bertz CT molecular complexity index is 219. The SMILES string of the molecule is CSCC[C@H](N)C(=O)NCC1(C)COC1. The van der Waals surface area contributed by atoms with Gasteiger partial charge in [0.25, 0.3) is 0 Å². The molecule has 4 nitrogen and oxygen atoms in total. The first-order valence-electron chi connectivity index (χ1n) is 5.17. The van der Waals surface area contributed by atoms with Gasteiger partial charge in [0.15, 0.2) is 0 Å². The Morgan fingerprint density at radius 3 is 2.80 bits per heavy atom. The largest absolute Gasteiger partial charge is 0.380 e. The number of hydrogen-bond acceptors (Lipinski definition) is 4. The van der Waals surface area contributed by atoms with Gasteiger partial charge in [-0.15, -0.1) is 0 Å². The minimum Gasteiger partial charge on any atom is -0.380 e. The fourth-order valence-corrected chi connectivity index (χ4v) is 1.85. The van der Waals surface area contributed by atoms with Crippen LogP contribution in [0.25, 0.3) is 0 Å². The molecule has 1 aliphatic rings. The van der Waals surface area contributed by atoms with E-state index in [1.165, 1.54) is 0 Å². The highest BCUT2D eigenvalue weighted by atomic mass is 32.2. The number of hydrogen-bond donors (Lipinski definition) is 2. The van der Waals surface area contributed by atoms with E-state index >= 15 is 0 Å². The molecule has 0 bridgehead atoms. The topological polar surface area (TPSA) is 64.4 Å². The Kier molecular flexibility index (Phi) is 4.89. The van der Waals surface area contributed by atoms with Gasteiger partial charge in [-0.25, -0.2) is 0 Å². The zero-order valence-corrected chi connectivity index (χ0v) is 10.2. The Hall–Kier alpha value is -0.260. The molecule has 15 heavy (non-hydrogen) atoms. The van der Waals surface area contributed by atoms with E-state index in [9.17, 15) is 4.79 Å². The van der Waals surface area contributed by atoms with Crippen molar-refractivity contribution in [2.24, 2.45) is 11.1 Å². The van der Waals surface area contributed by atoms with Gasteiger partial charge in [0.1, 0.15) is 0 Å². The number of carbonyl (C=O) groups is 1. The lowest BCUT2D eigenvalue weighted by Crippen LogP contribution is -2.51. The molecule has 1 amide bonds. The summed E-state index contributed by atoms with van der Waals surface area (Å²) in [5, 5.41) is 2.88. The van der Waals surface area contributed by atoms with Crippen molar-refractivity contribution in [3.05, 3.63) is 0 Å². The highest BCUT2D eigenvalue weighted by Gasteiger charge is 2.33. The second-order valence-corrected chi connectivity index (χ2v) is 5.39. The lowest BCUT2D eigenvalue weighted by atomic mass is 9.88. The molecule has 88 valence electrons. The molecule has 1 atom stereocenters. The first-order chi connectivity index (χ1) is 7.07. The van der Waals surface area contributed by atoms with Gasteiger partial charge in [-0.3, -0.25) is 4.79 Å². The summed E-state index contributed by atoms with van der Waals surface area (Å²) >= 11 is 1.71. The molecule has 0 aromatic rings. The fourth-order valence-electron chi connectivity index (χ4n) is 1.36. The van der Waals surface area contributed by atoms with E-state index < -0.39 is 0 Å². The molecule has 1 rings (SSSR count). The van der Waals surface area contributed by atoms with Crippen LogP contribution >= 0.6 is 11.8 Å². The molecule has 1 saturated heterocycles. The van der Waals surface area contributed by atoms with Gasteiger partial charge in [0.2, 0.25) is 5.91 Å². The number of nitrogens with one attached hydrogen (secondary N) is 1. The highest BCUT2D eigenvalue weighted by molar-refractivity contribution is 7.98. The molecule has 0 aromatic carbocycles. The predicted octanol–water partition coefficient (Wildman–Crippen LogP) is 0.220. The van der Waals surface area contributed by atoms with Crippen LogP contribution in [0.4, 0.5) is 0 Å². The van der Waals surface area contributed by atoms with Crippen molar-refractivity contribution in [2.75, 3.05) is 31.8 Å². The predicted molar refractivity (Wildman–Crippen MR) is 62.9 cm³/mol. The van der Waals surface area contributed by atoms with Crippen molar-refractivity contribution >= 4 is 17.7 Å². The summed E-state index contributed by atoms with van der Waals surface area (Å²) in [5.74, 6) is 0.881. The number of ether oxygens (including phenoxy) is 1. The molecular formula is C10H20N2O2S. The standard InChI is InChI=1S/C10H20N2O2S/c1-10(6-14-7-10)5-12-9(13)8(11)3-4-15-2/h8H,3-7,11H2,1-2H3,(H,12,13)/t8-/m0/s1. The molecule has 1 fully saturated rings. The third-order valence-electron chi connectivity index (χ3n) is 2.56. The van der Waals surface area contributed by atoms with Crippen LogP contribution in [0.5, 0.6) is 0 Å². The summed E-state index contributed by atoms with van der Waals surface area (Å²) in [6, 6.07) is -0.373. The molecule has 0 aromatic heterocycles. The van der Waals surface area contributed by atoms with E-state index in [2.05, 4.69) is 12.2 Å². The second-order valence-electron chi connectivity index (χ2n) is 4.41.